The maximum absolute atomic E-state index is 13.7. The van der Waals surface area contributed by atoms with Gasteiger partial charge in [0.1, 0.15) is 17.0 Å². The fourth-order valence-corrected chi connectivity index (χ4v) is 2.34. The summed E-state index contributed by atoms with van der Waals surface area (Å²) in [5.41, 5.74) is 0. The summed E-state index contributed by atoms with van der Waals surface area (Å²) in [6.07, 6.45) is 1.45. The topological polar surface area (TPSA) is 81.4 Å². The van der Waals surface area contributed by atoms with Crippen LogP contribution in [0.25, 0.3) is 0 Å². The van der Waals surface area contributed by atoms with E-state index in [1.54, 1.807) is 24.5 Å². The average Bonchev–Trinajstić information content (AvgIpc) is 2.58. The number of thioether (sulfide) groups is 1. The smallest absolute Gasteiger partial charge is 0.344 e. The molecular weight excluding hydrogens is 371 g/mol. The molecule has 0 saturated heterocycles. The third kappa shape index (κ3) is 5.24. The number of benzene rings is 1. The standard InChI is InChI=1S/C16H12ClFN2O4S/c1-2-22-15(21)8-23-16-12(4-3-5-20-16)24-13-7-14(25-9-19)11(18)6-10(13)17/h3-7H,2,8H2,1H3. The number of pyridine rings is 1. The Morgan fingerprint density at radius 3 is 2.96 bits per heavy atom. The number of nitrogens with zero attached hydrogens (tertiary/aromatic N) is 2. The minimum absolute atomic E-state index is 0.0139. The average molecular weight is 383 g/mol. The van der Waals surface area contributed by atoms with E-state index >= 15 is 0 Å². The zero-order chi connectivity index (χ0) is 18.2. The third-order valence-corrected chi connectivity index (χ3v) is 3.65. The highest BCUT2D eigenvalue weighted by Crippen LogP contribution is 2.37. The molecule has 0 spiro atoms. The Bertz CT molecular complexity index is 813. The maximum atomic E-state index is 13.7. The van der Waals surface area contributed by atoms with Crippen molar-refractivity contribution in [2.24, 2.45) is 0 Å². The summed E-state index contributed by atoms with van der Waals surface area (Å²) in [5.74, 6) is -0.839. The molecule has 0 aliphatic heterocycles. The predicted octanol–water partition coefficient (Wildman–Crippen LogP) is 4.18. The molecule has 0 fully saturated rings. The van der Waals surface area contributed by atoms with Crippen LogP contribution in [-0.4, -0.2) is 24.2 Å². The van der Waals surface area contributed by atoms with Crippen LogP contribution in [0.5, 0.6) is 17.4 Å². The molecule has 9 heteroatoms. The normalized spacial score (nSPS) is 10.0. The molecule has 0 aliphatic rings. The third-order valence-electron chi connectivity index (χ3n) is 2.73. The number of carbonyl (C=O) groups excluding carboxylic acids is 1. The van der Waals surface area contributed by atoms with Gasteiger partial charge < -0.3 is 14.2 Å². The number of esters is 1. The molecule has 130 valence electrons. The lowest BCUT2D eigenvalue weighted by Crippen LogP contribution is -2.15. The molecule has 0 N–H and O–H groups in total. The molecule has 0 amide bonds. The molecule has 0 aliphatic carbocycles. The van der Waals surface area contributed by atoms with E-state index in [2.05, 4.69) is 4.98 Å². The Morgan fingerprint density at radius 2 is 2.24 bits per heavy atom. The molecule has 0 saturated carbocycles. The largest absolute Gasteiger partial charge is 0.463 e. The van der Waals surface area contributed by atoms with Crippen LogP contribution in [0.4, 0.5) is 4.39 Å². The molecule has 0 unspecified atom stereocenters. The van der Waals surface area contributed by atoms with Crippen molar-refractivity contribution < 1.29 is 23.4 Å². The van der Waals surface area contributed by atoms with Crippen molar-refractivity contribution in [2.75, 3.05) is 13.2 Å². The molecule has 0 bridgehead atoms. The van der Waals surface area contributed by atoms with Crippen LogP contribution < -0.4 is 9.47 Å². The van der Waals surface area contributed by atoms with E-state index < -0.39 is 11.8 Å². The summed E-state index contributed by atoms with van der Waals surface area (Å²) in [5, 5.41) is 10.5. The number of rotatable bonds is 7. The Hall–Kier alpha value is -2.50. The highest BCUT2D eigenvalue weighted by atomic mass is 35.5. The number of ether oxygens (including phenoxy) is 3. The van der Waals surface area contributed by atoms with Crippen molar-refractivity contribution in [1.29, 1.82) is 5.26 Å². The van der Waals surface area contributed by atoms with Crippen LogP contribution in [0.15, 0.2) is 35.4 Å². The first-order chi connectivity index (χ1) is 12.0. The van der Waals surface area contributed by atoms with E-state index in [1.165, 1.54) is 12.3 Å². The van der Waals surface area contributed by atoms with E-state index in [-0.39, 0.29) is 40.5 Å². The molecule has 6 nitrogen and oxygen atoms in total. The highest BCUT2D eigenvalue weighted by molar-refractivity contribution is 8.03. The van der Waals surface area contributed by atoms with Crippen molar-refractivity contribution >= 4 is 29.3 Å². The van der Waals surface area contributed by atoms with Gasteiger partial charge in [-0.05, 0) is 43.0 Å². The molecule has 2 rings (SSSR count). The Balaban J connectivity index is 2.22. The lowest BCUT2D eigenvalue weighted by Gasteiger charge is -2.12. The Kier molecular flexibility index (Phi) is 6.86. The van der Waals surface area contributed by atoms with Crippen LogP contribution in [0.1, 0.15) is 6.92 Å². The number of hydrogen-bond donors (Lipinski definition) is 0. The van der Waals surface area contributed by atoms with Gasteiger partial charge in [-0.15, -0.1) is 0 Å². The van der Waals surface area contributed by atoms with Gasteiger partial charge in [0, 0.05) is 6.20 Å². The number of thiocyanates is 1. The van der Waals surface area contributed by atoms with Crippen molar-refractivity contribution in [2.45, 2.75) is 11.8 Å². The molecule has 0 atom stereocenters. The number of aromatic nitrogens is 1. The van der Waals surface area contributed by atoms with Gasteiger partial charge in [0.05, 0.1) is 16.5 Å². The lowest BCUT2D eigenvalue weighted by molar-refractivity contribution is -0.145. The number of hydrogen-bond acceptors (Lipinski definition) is 7. The predicted molar refractivity (Wildman–Crippen MR) is 89.3 cm³/mol. The summed E-state index contributed by atoms with van der Waals surface area (Å²) in [7, 11) is 0. The van der Waals surface area contributed by atoms with E-state index in [0.29, 0.717) is 11.8 Å². The zero-order valence-corrected chi connectivity index (χ0v) is 14.6. The van der Waals surface area contributed by atoms with Crippen LogP contribution >= 0.6 is 23.4 Å². The SMILES string of the molecule is CCOC(=O)COc1ncccc1Oc1cc(SC#N)c(F)cc1Cl. The molecule has 0 radical (unpaired) electrons. The number of nitriles is 1. The van der Waals surface area contributed by atoms with Crippen LogP contribution in [-0.2, 0) is 9.53 Å². The minimum Gasteiger partial charge on any atom is -0.463 e. The number of carbonyl (C=O) groups is 1. The van der Waals surface area contributed by atoms with Gasteiger partial charge in [-0.3, -0.25) is 0 Å². The first-order valence-electron chi connectivity index (χ1n) is 7.01. The summed E-state index contributed by atoms with van der Waals surface area (Å²) in [6, 6.07) is 5.49. The molecule has 25 heavy (non-hydrogen) atoms. The van der Waals surface area contributed by atoms with Crippen molar-refractivity contribution in [3.8, 4) is 22.8 Å². The second-order valence-corrected chi connectivity index (χ2v) is 5.64. The monoisotopic (exact) mass is 382 g/mol. The summed E-state index contributed by atoms with van der Waals surface area (Å²) in [6.45, 7) is 1.58. The van der Waals surface area contributed by atoms with Gasteiger partial charge in [-0.25, -0.2) is 14.2 Å². The molecule has 1 heterocycles. The summed E-state index contributed by atoms with van der Waals surface area (Å²) < 4.78 is 29.4. The van der Waals surface area contributed by atoms with Gasteiger partial charge in [0.15, 0.2) is 12.4 Å². The quantitative estimate of drug-likeness (QED) is 0.403. The van der Waals surface area contributed by atoms with E-state index in [0.717, 1.165) is 6.07 Å². The second-order valence-electron chi connectivity index (χ2n) is 4.41. The van der Waals surface area contributed by atoms with Gasteiger partial charge in [0.25, 0.3) is 5.88 Å². The molecule has 1 aromatic carbocycles. The fraction of sp³-hybridized carbons (Fsp3) is 0.188. The summed E-state index contributed by atoms with van der Waals surface area (Å²) >= 11 is 6.62. The molecular formula is C16H12ClFN2O4S. The number of halogens is 2. The van der Waals surface area contributed by atoms with Gasteiger partial charge in [-0.1, -0.05) is 11.6 Å². The van der Waals surface area contributed by atoms with E-state index in [4.69, 9.17) is 31.1 Å². The van der Waals surface area contributed by atoms with Crippen molar-refractivity contribution in [3.63, 3.8) is 0 Å². The van der Waals surface area contributed by atoms with Gasteiger partial charge in [0.2, 0.25) is 0 Å². The van der Waals surface area contributed by atoms with Crippen LogP contribution in [0.3, 0.4) is 0 Å². The Labute approximate surface area is 152 Å². The molecule has 2 aromatic rings. The van der Waals surface area contributed by atoms with Crippen LogP contribution in [0, 0.1) is 16.5 Å². The van der Waals surface area contributed by atoms with Gasteiger partial charge >= 0.3 is 5.97 Å². The van der Waals surface area contributed by atoms with Crippen molar-refractivity contribution in [1.82, 2.24) is 4.98 Å². The lowest BCUT2D eigenvalue weighted by atomic mass is 10.3. The highest BCUT2D eigenvalue weighted by Gasteiger charge is 2.15. The van der Waals surface area contributed by atoms with E-state index in [9.17, 15) is 9.18 Å². The summed E-state index contributed by atoms with van der Waals surface area (Å²) in [4.78, 5) is 15.4. The minimum atomic E-state index is -0.631. The van der Waals surface area contributed by atoms with Crippen LogP contribution in [0.2, 0.25) is 5.02 Å². The Morgan fingerprint density at radius 1 is 1.44 bits per heavy atom. The first kappa shape index (κ1) is 18.8. The zero-order valence-electron chi connectivity index (χ0n) is 13.0. The second kappa shape index (κ2) is 9.11. The molecule has 1 aromatic heterocycles. The van der Waals surface area contributed by atoms with E-state index in [1.807, 2.05) is 0 Å². The first-order valence-corrected chi connectivity index (χ1v) is 8.20. The van der Waals surface area contributed by atoms with Crippen molar-refractivity contribution in [3.05, 3.63) is 41.3 Å². The fourth-order valence-electron chi connectivity index (χ4n) is 1.73. The van der Waals surface area contributed by atoms with Gasteiger partial charge in [-0.2, -0.15) is 5.26 Å². The maximum Gasteiger partial charge on any atom is 0.344 e.